The Bertz CT molecular complexity index is 1090. The topological polar surface area (TPSA) is 52.8 Å². The second-order valence-electron chi connectivity index (χ2n) is 6.22. The number of methoxy groups -OCH3 is 1. The number of benzene rings is 2. The van der Waals surface area contributed by atoms with Crippen molar-refractivity contribution in [3.63, 3.8) is 0 Å². The number of thioether (sulfide) groups is 1. The molecule has 0 bridgehead atoms. The van der Waals surface area contributed by atoms with Crippen molar-refractivity contribution < 1.29 is 4.74 Å². The van der Waals surface area contributed by atoms with Crippen LogP contribution in [0.1, 0.15) is 12.6 Å². The summed E-state index contributed by atoms with van der Waals surface area (Å²) >= 11 is 9.29. The number of ether oxygens (including phenoxy) is 1. The third-order valence-corrected chi connectivity index (χ3v) is 6.57. The van der Waals surface area contributed by atoms with Gasteiger partial charge in [0.2, 0.25) is 0 Å². The van der Waals surface area contributed by atoms with Gasteiger partial charge in [-0.15, -0.1) is 21.5 Å². The molecule has 4 rings (SSSR count). The van der Waals surface area contributed by atoms with E-state index >= 15 is 0 Å². The van der Waals surface area contributed by atoms with Gasteiger partial charge in [-0.05, 0) is 55.5 Å². The molecular formula is C21H19ClN4OS2. The van der Waals surface area contributed by atoms with Crippen LogP contribution in [-0.4, -0.2) is 26.9 Å². The Balaban J connectivity index is 1.48. The second-order valence-corrected chi connectivity index (χ2v) is 8.46. The van der Waals surface area contributed by atoms with Crippen LogP contribution in [0.4, 0.5) is 0 Å². The van der Waals surface area contributed by atoms with E-state index in [0.29, 0.717) is 5.02 Å². The van der Waals surface area contributed by atoms with Crippen LogP contribution in [0.2, 0.25) is 5.02 Å². The van der Waals surface area contributed by atoms with Gasteiger partial charge in [0.15, 0.2) is 11.0 Å². The van der Waals surface area contributed by atoms with Gasteiger partial charge >= 0.3 is 0 Å². The number of aromatic nitrogens is 4. The molecule has 0 saturated carbocycles. The van der Waals surface area contributed by atoms with E-state index in [1.807, 2.05) is 48.5 Å². The number of rotatable bonds is 7. The standard InChI is InChI=1S/C21H19ClN4OS2/c1-3-26-19(14-4-8-16(22)9-5-14)24-25-21(26)29-13-17-12-28-20(23-17)15-6-10-18(27-2)11-7-15/h4-12H,3,13H2,1-2H3. The molecule has 0 radical (unpaired) electrons. The Hall–Kier alpha value is -2.35. The zero-order valence-electron chi connectivity index (χ0n) is 16.0. The normalized spacial score (nSPS) is 11.0. The Morgan fingerprint density at radius 1 is 1.03 bits per heavy atom. The molecule has 0 fully saturated rings. The van der Waals surface area contributed by atoms with Crippen LogP contribution in [0.15, 0.2) is 59.1 Å². The third kappa shape index (κ3) is 4.47. The van der Waals surface area contributed by atoms with Crippen LogP contribution in [0, 0.1) is 0 Å². The fourth-order valence-electron chi connectivity index (χ4n) is 2.87. The minimum absolute atomic E-state index is 0.710. The Morgan fingerprint density at radius 2 is 1.76 bits per heavy atom. The monoisotopic (exact) mass is 442 g/mol. The smallest absolute Gasteiger partial charge is 0.191 e. The summed E-state index contributed by atoms with van der Waals surface area (Å²) in [6, 6.07) is 15.6. The molecular weight excluding hydrogens is 424 g/mol. The summed E-state index contributed by atoms with van der Waals surface area (Å²) in [5.41, 5.74) is 3.13. The van der Waals surface area contributed by atoms with Crippen LogP contribution < -0.4 is 4.74 Å². The van der Waals surface area contributed by atoms with Crippen LogP contribution in [0.5, 0.6) is 5.75 Å². The molecule has 0 unspecified atom stereocenters. The first-order valence-corrected chi connectivity index (χ1v) is 11.3. The molecule has 0 atom stereocenters. The van der Waals surface area contributed by atoms with Gasteiger partial charge in [-0.3, -0.25) is 0 Å². The average Bonchev–Trinajstić information content (AvgIpc) is 3.39. The lowest BCUT2D eigenvalue weighted by atomic mass is 10.2. The van der Waals surface area contributed by atoms with Gasteiger partial charge in [0.25, 0.3) is 0 Å². The molecule has 0 spiro atoms. The summed E-state index contributed by atoms with van der Waals surface area (Å²) in [5.74, 6) is 2.44. The maximum absolute atomic E-state index is 6.00. The van der Waals surface area contributed by atoms with E-state index in [2.05, 4.69) is 27.1 Å². The fourth-order valence-corrected chi connectivity index (χ4v) is 4.82. The highest BCUT2D eigenvalue weighted by atomic mass is 35.5. The molecule has 29 heavy (non-hydrogen) atoms. The molecule has 2 aromatic heterocycles. The molecule has 0 amide bonds. The SMILES string of the molecule is CCn1c(SCc2csc(-c3ccc(OC)cc3)n2)nnc1-c1ccc(Cl)cc1. The number of thiazole rings is 1. The van der Waals surface area contributed by atoms with Crippen molar-refractivity contribution in [3.05, 3.63) is 64.6 Å². The first-order valence-electron chi connectivity index (χ1n) is 9.08. The summed E-state index contributed by atoms with van der Waals surface area (Å²) in [6.07, 6.45) is 0. The number of halogens is 1. The molecule has 0 aliphatic rings. The largest absolute Gasteiger partial charge is 0.497 e. The molecule has 2 heterocycles. The summed E-state index contributed by atoms with van der Waals surface area (Å²) in [5, 5.41) is 13.5. The van der Waals surface area contributed by atoms with Crippen molar-refractivity contribution in [2.24, 2.45) is 0 Å². The molecule has 0 aliphatic heterocycles. The van der Waals surface area contributed by atoms with Crippen LogP contribution in [0.25, 0.3) is 22.0 Å². The van der Waals surface area contributed by atoms with E-state index in [9.17, 15) is 0 Å². The fraction of sp³-hybridized carbons (Fsp3) is 0.190. The van der Waals surface area contributed by atoms with Gasteiger partial charge in [-0.1, -0.05) is 23.4 Å². The van der Waals surface area contributed by atoms with Gasteiger partial charge in [-0.2, -0.15) is 0 Å². The second kappa shape index (κ2) is 8.98. The summed E-state index contributed by atoms with van der Waals surface area (Å²) in [7, 11) is 1.67. The van der Waals surface area contributed by atoms with Crippen LogP contribution in [-0.2, 0) is 12.3 Å². The van der Waals surface area contributed by atoms with Crippen molar-refractivity contribution in [2.75, 3.05) is 7.11 Å². The average molecular weight is 443 g/mol. The first kappa shape index (κ1) is 19.9. The van der Waals surface area contributed by atoms with Gasteiger partial charge in [0.1, 0.15) is 10.8 Å². The van der Waals surface area contributed by atoms with E-state index < -0.39 is 0 Å². The predicted octanol–water partition coefficient (Wildman–Crippen LogP) is 6.04. The van der Waals surface area contributed by atoms with Crippen molar-refractivity contribution >= 4 is 34.7 Å². The van der Waals surface area contributed by atoms with Crippen molar-refractivity contribution in [3.8, 4) is 27.7 Å². The van der Waals surface area contributed by atoms with Crippen molar-refractivity contribution in [1.29, 1.82) is 0 Å². The van der Waals surface area contributed by atoms with E-state index in [1.165, 1.54) is 0 Å². The molecule has 0 N–H and O–H groups in total. The van der Waals surface area contributed by atoms with Gasteiger partial charge < -0.3 is 9.30 Å². The van der Waals surface area contributed by atoms with Gasteiger partial charge in [0.05, 0.1) is 12.8 Å². The summed E-state index contributed by atoms with van der Waals surface area (Å²) in [6.45, 7) is 2.89. The highest BCUT2D eigenvalue weighted by Crippen LogP contribution is 2.30. The van der Waals surface area contributed by atoms with E-state index in [1.54, 1.807) is 30.2 Å². The molecule has 5 nitrogen and oxygen atoms in total. The minimum Gasteiger partial charge on any atom is -0.497 e. The number of hydrogen-bond acceptors (Lipinski definition) is 6. The highest BCUT2D eigenvalue weighted by Gasteiger charge is 2.14. The Kier molecular flexibility index (Phi) is 6.18. The maximum atomic E-state index is 6.00. The van der Waals surface area contributed by atoms with Gasteiger partial charge in [0, 0.05) is 33.8 Å². The number of hydrogen-bond donors (Lipinski definition) is 0. The molecule has 8 heteroatoms. The van der Waals surface area contributed by atoms with E-state index in [0.717, 1.165) is 50.9 Å². The van der Waals surface area contributed by atoms with Crippen molar-refractivity contribution in [2.45, 2.75) is 24.4 Å². The molecule has 0 saturated heterocycles. The Morgan fingerprint density at radius 3 is 2.45 bits per heavy atom. The summed E-state index contributed by atoms with van der Waals surface area (Å²) in [4.78, 5) is 4.77. The lowest BCUT2D eigenvalue weighted by molar-refractivity contribution is 0.415. The van der Waals surface area contributed by atoms with Crippen LogP contribution >= 0.6 is 34.7 Å². The number of nitrogens with zero attached hydrogens (tertiary/aromatic N) is 4. The maximum Gasteiger partial charge on any atom is 0.191 e. The Labute approximate surface area is 182 Å². The van der Waals surface area contributed by atoms with E-state index in [4.69, 9.17) is 21.3 Å². The molecule has 148 valence electrons. The minimum atomic E-state index is 0.710. The first-order chi connectivity index (χ1) is 14.2. The summed E-state index contributed by atoms with van der Waals surface area (Å²) < 4.78 is 7.33. The lowest BCUT2D eigenvalue weighted by Crippen LogP contribution is -1.99. The van der Waals surface area contributed by atoms with Crippen molar-refractivity contribution in [1.82, 2.24) is 19.7 Å². The lowest BCUT2D eigenvalue weighted by Gasteiger charge is -2.07. The van der Waals surface area contributed by atoms with E-state index in [-0.39, 0.29) is 0 Å². The van der Waals surface area contributed by atoms with Gasteiger partial charge in [-0.25, -0.2) is 4.98 Å². The zero-order chi connectivity index (χ0) is 20.2. The zero-order valence-corrected chi connectivity index (χ0v) is 18.4. The molecule has 2 aromatic carbocycles. The highest BCUT2D eigenvalue weighted by molar-refractivity contribution is 7.98. The quantitative estimate of drug-likeness (QED) is 0.326. The molecule has 0 aliphatic carbocycles. The predicted molar refractivity (Wildman–Crippen MR) is 120 cm³/mol. The molecule has 4 aromatic rings. The van der Waals surface area contributed by atoms with Crippen LogP contribution in [0.3, 0.4) is 0 Å². The third-order valence-electron chi connectivity index (χ3n) is 4.37.